The van der Waals surface area contributed by atoms with Crippen LogP contribution in [0.5, 0.6) is 0 Å². The third kappa shape index (κ3) is 2.02. The van der Waals surface area contributed by atoms with Crippen molar-refractivity contribution in [2.75, 3.05) is 0 Å². The van der Waals surface area contributed by atoms with E-state index in [0.29, 0.717) is 5.92 Å². The zero-order valence-corrected chi connectivity index (χ0v) is 8.29. The molecule has 0 aliphatic heterocycles. The van der Waals surface area contributed by atoms with Crippen LogP contribution in [-0.4, -0.2) is 21.8 Å². The quantitative estimate of drug-likeness (QED) is 0.704. The topological polar surface area (TPSA) is 57.5 Å². The van der Waals surface area contributed by atoms with Crippen molar-refractivity contribution in [3.63, 3.8) is 0 Å². The molecule has 0 spiro atoms. The average Bonchev–Trinajstić information content (AvgIpc) is 2.54. The monoisotopic (exact) mass is 186 g/mol. The van der Waals surface area contributed by atoms with E-state index in [1.165, 1.54) is 19.8 Å². The number of carboxylic acids is 1. The summed E-state index contributed by atoms with van der Waals surface area (Å²) in [5.74, 6) is -0.870. The van der Waals surface area contributed by atoms with Gasteiger partial charge in [-0.3, -0.25) is 0 Å². The van der Waals surface area contributed by atoms with Gasteiger partial charge in [0, 0.05) is 0 Å². The van der Waals surface area contributed by atoms with Crippen LogP contribution in [0.25, 0.3) is 0 Å². The molecule has 0 aromatic carbocycles. The van der Waals surface area contributed by atoms with Crippen LogP contribution < -0.4 is 0 Å². The Kier molecular flexibility index (Phi) is 2.96. The van der Waals surface area contributed by atoms with Crippen molar-refractivity contribution < 1.29 is 15.0 Å². The van der Waals surface area contributed by atoms with Gasteiger partial charge in [0.15, 0.2) is 5.60 Å². The second kappa shape index (κ2) is 3.66. The van der Waals surface area contributed by atoms with Gasteiger partial charge in [0.2, 0.25) is 0 Å². The van der Waals surface area contributed by atoms with Crippen LogP contribution in [0.1, 0.15) is 39.5 Å². The lowest BCUT2D eigenvalue weighted by Crippen LogP contribution is -2.44. The van der Waals surface area contributed by atoms with Crippen LogP contribution in [0, 0.1) is 11.8 Å². The molecule has 0 amide bonds. The first kappa shape index (κ1) is 10.5. The molecule has 2 N–H and O–H groups in total. The van der Waals surface area contributed by atoms with E-state index in [1.807, 2.05) is 6.92 Å². The lowest BCUT2D eigenvalue weighted by atomic mass is 9.80. The Morgan fingerprint density at radius 2 is 1.92 bits per heavy atom. The smallest absolute Gasteiger partial charge is 0.335 e. The predicted molar refractivity (Wildman–Crippen MR) is 49.4 cm³/mol. The van der Waals surface area contributed by atoms with Crippen LogP contribution >= 0.6 is 0 Å². The van der Waals surface area contributed by atoms with Crippen LogP contribution in [0.3, 0.4) is 0 Å². The summed E-state index contributed by atoms with van der Waals surface area (Å²) in [5.41, 5.74) is -1.56. The minimum Gasteiger partial charge on any atom is -0.479 e. The summed E-state index contributed by atoms with van der Waals surface area (Å²) in [4.78, 5) is 10.8. The van der Waals surface area contributed by atoms with Crippen molar-refractivity contribution in [2.24, 2.45) is 11.8 Å². The molecule has 0 bridgehead atoms. The normalized spacial score (nSPS) is 25.5. The van der Waals surface area contributed by atoms with Gasteiger partial charge in [0.1, 0.15) is 0 Å². The molecule has 1 fully saturated rings. The fourth-order valence-electron chi connectivity index (χ4n) is 2.11. The van der Waals surface area contributed by atoms with E-state index in [2.05, 4.69) is 0 Å². The molecule has 1 saturated carbocycles. The summed E-state index contributed by atoms with van der Waals surface area (Å²) >= 11 is 0. The maximum absolute atomic E-state index is 10.8. The van der Waals surface area contributed by atoms with Crippen LogP contribution in [0.4, 0.5) is 0 Å². The maximum Gasteiger partial charge on any atom is 0.335 e. The van der Waals surface area contributed by atoms with Crippen molar-refractivity contribution in [3.8, 4) is 0 Å². The number of hydrogen-bond donors (Lipinski definition) is 2. The standard InChI is InChI=1S/C10H18O3/c1-7(8-5-3-4-6-8)10(2,13)9(11)12/h7-8,13H,3-6H2,1-2H3,(H,11,12). The first-order valence-corrected chi connectivity index (χ1v) is 4.92. The molecule has 3 heteroatoms. The molecule has 0 heterocycles. The summed E-state index contributed by atoms with van der Waals surface area (Å²) in [5, 5.41) is 18.5. The van der Waals surface area contributed by atoms with Gasteiger partial charge in [-0.25, -0.2) is 4.79 Å². The van der Waals surface area contributed by atoms with Crippen LogP contribution in [0.2, 0.25) is 0 Å². The summed E-state index contributed by atoms with van der Waals surface area (Å²) in [6, 6.07) is 0. The molecule has 76 valence electrons. The van der Waals surface area contributed by atoms with Gasteiger partial charge in [-0.05, 0) is 18.8 Å². The molecule has 3 nitrogen and oxygen atoms in total. The highest BCUT2D eigenvalue weighted by atomic mass is 16.4. The van der Waals surface area contributed by atoms with E-state index in [4.69, 9.17) is 5.11 Å². The third-order valence-electron chi connectivity index (χ3n) is 3.43. The average molecular weight is 186 g/mol. The first-order valence-electron chi connectivity index (χ1n) is 4.92. The van der Waals surface area contributed by atoms with Gasteiger partial charge in [0.05, 0.1) is 0 Å². The lowest BCUT2D eigenvalue weighted by molar-refractivity contribution is -0.164. The largest absolute Gasteiger partial charge is 0.479 e. The molecule has 0 aromatic heterocycles. The first-order chi connectivity index (χ1) is 5.96. The van der Waals surface area contributed by atoms with E-state index in [0.717, 1.165) is 12.8 Å². The van der Waals surface area contributed by atoms with E-state index < -0.39 is 11.6 Å². The SMILES string of the molecule is CC(C1CCCC1)C(C)(O)C(=O)O. The van der Waals surface area contributed by atoms with Gasteiger partial charge in [-0.15, -0.1) is 0 Å². The van der Waals surface area contributed by atoms with Crippen molar-refractivity contribution in [2.45, 2.75) is 45.1 Å². The molecule has 1 aliphatic carbocycles. The zero-order chi connectivity index (χ0) is 10.1. The molecule has 0 radical (unpaired) electrons. The molecule has 1 rings (SSSR count). The number of hydrogen-bond acceptors (Lipinski definition) is 2. The number of carboxylic acid groups (broad SMARTS) is 1. The Hall–Kier alpha value is -0.570. The van der Waals surface area contributed by atoms with Crippen LogP contribution in [0.15, 0.2) is 0 Å². The minimum absolute atomic E-state index is 0.146. The molecule has 2 unspecified atom stereocenters. The second-order valence-corrected chi connectivity index (χ2v) is 4.29. The molecule has 1 aliphatic rings. The number of carbonyl (C=O) groups is 1. The number of rotatable bonds is 3. The summed E-state index contributed by atoms with van der Waals surface area (Å²) in [6.45, 7) is 3.24. The molecular formula is C10H18O3. The van der Waals surface area contributed by atoms with E-state index in [1.54, 1.807) is 0 Å². The molecule has 2 atom stereocenters. The van der Waals surface area contributed by atoms with Crippen molar-refractivity contribution in [1.29, 1.82) is 0 Å². The number of aliphatic carboxylic acids is 1. The highest BCUT2D eigenvalue weighted by Gasteiger charge is 2.41. The molecule has 0 saturated heterocycles. The van der Waals surface area contributed by atoms with Crippen molar-refractivity contribution in [3.05, 3.63) is 0 Å². The Labute approximate surface area is 78.8 Å². The highest BCUT2D eigenvalue weighted by Crippen LogP contribution is 2.36. The van der Waals surface area contributed by atoms with E-state index in [9.17, 15) is 9.90 Å². The molecule has 13 heavy (non-hydrogen) atoms. The van der Waals surface area contributed by atoms with Gasteiger partial charge in [-0.1, -0.05) is 32.6 Å². The fourth-order valence-corrected chi connectivity index (χ4v) is 2.11. The van der Waals surface area contributed by atoms with E-state index >= 15 is 0 Å². The van der Waals surface area contributed by atoms with E-state index in [-0.39, 0.29) is 5.92 Å². The highest BCUT2D eigenvalue weighted by molar-refractivity contribution is 5.76. The molecular weight excluding hydrogens is 168 g/mol. The van der Waals surface area contributed by atoms with Gasteiger partial charge >= 0.3 is 5.97 Å². The molecule has 0 aromatic rings. The summed E-state index contributed by atoms with van der Waals surface area (Å²) < 4.78 is 0. The van der Waals surface area contributed by atoms with Gasteiger partial charge in [0.25, 0.3) is 0 Å². The Morgan fingerprint density at radius 3 is 2.31 bits per heavy atom. The third-order valence-corrected chi connectivity index (χ3v) is 3.43. The van der Waals surface area contributed by atoms with Crippen molar-refractivity contribution in [1.82, 2.24) is 0 Å². The van der Waals surface area contributed by atoms with Crippen LogP contribution in [-0.2, 0) is 4.79 Å². The van der Waals surface area contributed by atoms with Gasteiger partial charge < -0.3 is 10.2 Å². The van der Waals surface area contributed by atoms with Gasteiger partial charge in [-0.2, -0.15) is 0 Å². The summed E-state index contributed by atoms with van der Waals surface area (Å²) in [6.07, 6.45) is 4.46. The zero-order valence-electron chi connectivity index (χ0n) is 8.29. The predicted octanol–water partition coefficient (Wildman–Crippen LogP) is 1.65. The summed E-state index contributed by atoms with van der Waals surface area (Å²) in [7, 11) is 0. The lowest BCUT2D eigenvalue weighted by Gasteiger charge is -2.30. The number of aliphatic hydroxyl groups is 1. The maximum atomic E-state index is 10.8. The minimum atomic E-state index is -1.56. The Balaban J connectivity index is 2.64. The fraction of sp³-hybridized carbons (Fsp3) is 0.900. The Bertz CT molecular complexity index is 192. The Morgan fingerprint density at radius 1 is 1.46 bits per heavy atom. The van der Waals surface area contributed by atoms with Crippen molar-refractivity contribution >= 4 is 5.97 Å². The second-order valence-electron chi connectivity index (χ2n) is 4.29.